The second-order valence-corrected chi connectivity index (χ2v) is 7.39. The molecular weight excluding hydrogens is 469 g/mol. The van der Waals surface area contributed by atoms with Gasteiger partial charge in [-0.25, -0.2) is 17.9 Å². The fourth-order valence-electron chi connectivity index (χ4n) is 3.36. The first-order valence-electron chi connectivity index (χ1n) is 9.73. The van der Waals surface area contributed by atoms with Crippen LogP contribution >= 0.6 is 0 Å². The first kappa shape index (κ1) is 23.6. The van der Waals surface area contributed by atoms with E-state index in [-0.39, 0.29) is 5.39 Å². The van der Waals surface area contributed by atoms with Gasteiger partial charge in [-0.15, -0.1) is 0 Å². The van der Waals surface area contributed by atoms with Crippen LogP contribution in [0.3, 0.4) is 0 Å². The van der Waals surface area contributed by atoms with Crippen molar-refractivity contribution in [3.05, 3.63) is 89.9 Å². The van der Waals surface area contributed by atoms with Gasteiger partial charge in [0.15, 0.2) is 0 Å². The van der Waals surface area contributed by atoms with E-state index < -0.39 is 47.3 Å². The van der Waals surface area contributed by atoms with Gasteiger partial charge in [0.2, 0.25) is 5.60 Å². The fourth-order valence-corrected chi connectivity index (χ4v) is 3.36. The highest BCUT2D eigenvalue weighted by atomic mass is 19.4. The van der Waals surface area contributed by atoms with Crippen molar-refractivity contribution in [2.75, 3.05) is 0 Å². The molecule has 0 saturated carbocycles. The van der Waals surface area contributed by atoms with Crippen LogP contribution in [0.25, 0.3) is 16.6 Å². The summed E-state index contributed by atoms with van der Waals surface area (Å²) in [6.45, 7) is 0. The zero-order chi connectivity index (χ0) is 24.7. The third-order valence-electron chi connectivity index (χ3n) is 5.20. The molecule has 0 saturated heterocycles. The number of ether oxygens (including phenoxy) is 1. The van der Waals surface area contributed by atoms with Gasteiger partial charge in [-0.3, -0.25) is 0 Å². The Bertz CT molecular complexity index is 1290. The van der Waals surface area contributed by atoms with Crippen LogP contribution in [0.5, 0.6) is 5.75 Å². The van der Waals surface area contributed by atoms with Gasteiger partial charge in [-0.05, 0) is 66.2 Å². The Kier molecular flexibility index (Phi) is 5.98. The Morgan fingerprint density at radius 3 is 2.06 bits per heavy atom. The molecule has 0 aliphatic rings. The van der Waals surface area contributed by atoms with E-state index in [1.54, 1.807) is 0 Å². The predicted octanol–water partition coefficient (Wildman–Crippen LogP) is 6.01. The van der Waals surface area contributed by atoms with Gasteiger partial charge in [-0.1, -0.05) is 6.07 Å². The lowest BCUT2D eigenvalue weighted by Crippen LogP contribution is -2.46. The van der Waals surface area contributed by atoms with E-state index in [0.717, 1.165) is 24.3 Å². The number of aromatic nitrogens is 2. The first-order valence-corrected chi connectivity index (χ1v) is 9.73. The molecule has 0 amide bonds. The van der Waals surface area contributed by atoms with Gasteiger partial charge >= 0.3 is 6.18 Å². The molecule has 0 fully saturated rings. The van der Waals surface area contributed by atoms with E-state index in [9.17, 15) is 35.8 Å². The molecule has 0 radical (unpaired) electrons. The van der Waals surface area contributed by atoms with Crippen LogP contribution in [-0.2, 0) is 11.8 Å². The van der Waals surface area contributed by atoms with Crippen LogP contribution in [0.2, 0.25) is 0 Å². The van der Waals surface area contributed by atoms with Crippen molar-refractivity contribution in [1.82, 2.24) is 9.78 Å². The Morgan fingerprint density at radius 2 is 1.47 bits per heavy atom. The number of aliphatic hydroxyl groups is 1. The minimum Gasteiger partial charge on any atom is -0.457 e. The third-order valence-corrected chi connectivity index (χ3v) is 5.20. The number of fused-ring (bicyclic) bond motifs is 1. The molecule has 0 aliphatic heterocycles. The highest BCUT2D eigenvalue weighted by molar-refractivity contribution is 5.81. The lowest BCUT2D eigenvalue weighted by molar-refractivity contribution is -0.200. The Hall–Kier alpha value is -3.60. The Morgan fingerprint density at radius 1 is 0.853 bits per heavy atom. The lowest BCUT2D eigenvalue weighted by atomic mass is 9.93. The molecule has 34 heavy (non-hydrogen) atoms. The van der Waals surface area contributed by atoms with Crippen LogP contribution in [-0.4, -0.2) is 27.7 Å². The number of halogens is 7. The molecule has 4 rings (SSSR count). The largest absolute Gasteiger partial charge is 0.457 e. The molecule has 0 bridgehead atoms. The van der Waals surface area contributed by atoms with Crippen LogP contribution in [0.1, 0.15) is 11.1 Å². The minimum atomic E-state index is -4.65. The van der Waals surface area contributed by atoms with Gasteiger partial charge in [0.1, 0.15) is 11.6 Å². The minimum absolute atomic E-state index is 0.266. The second kappa shape index (κ2) is 8.64. The summed E-state index contributed by atoms with van der Waals surface area (Å²) >= 11 is 0. The molecule has 1 N–H and O–H groups in total. The Balaban J connectivity index is 1.65. The molecule has 4 aromatic rings. The second-order valence-electron chi connectivity index (χ2n) is 7.39. The third kappa shape index (κ3) is 4.30. The van der Waals surface area contributed by atoms with Crippen molar-refractivity contribution in [3.63, 3.8) is 0 Å². The zero-order valence-electron chi connectivity index (χ0n) is 17.0. The number of nitrogens with zero attached hydrogens (tertiary/aromatic N) is 2. The fraction of sp³-hybridized carbons (Fsp3) is 0.174. The van der Waals surface area contributed by atoms with Gasteiger partial charge in [0.25, 0.3) is 12.8 Å². The number of benzene rings is 3. The SMILES string of the molecule is OC(c1ccc2c(cnn2-c2ccc(F)cc2)c1)(C(F)F)C(F)Oc1ccc(C(F)(F)F)cc1. The van der Waals surface area contributed by atoms with Crippen molar-refractivity contribution in [2.45, 2.75) is 24.6 Å². The monoisotopic (exact) mass is 484 g/mol. The Labute approximate surface area is 187 Å². The van der Waals surface area contributed by atoms with Gasteiger partial charge in [0.05, 0.1) is 23.0 Å². The molecule has 1 aromatic heterocycles. The number of hydrogen-bond acceptors (Lipinski definition) is 3. The molecule has 4 nitrogen and oxygen atoms in total. The number of hydrogen-bond donors (Lipinski definition) is 1. The average Bonchev–Trinajstić information content (AvgIpc) is 3.22. The van der Waals surface area contributed by atoms with Crippen LogP contribution < -0.4 is 4.74 Å². The van der Waals surface area contributed by atoms with E-state index in [0.29, 0.717) is 23.3 Å². The lowest BCUT2D eigenvalue weighted by Gasteiger charge is -2.31. The first-order chi connectivity index (χ1) is 16.0. The van der Waals surface area contributed by atoms with Crippen molar-refractivity contribution in [1.29, 1.82) is 0 Å². The quantitative estimate of drug-likeness (QED) is 0.341. The van der Waals surface area contributed by atoms with E-state index >= 15 is 0 Å². The summed E-state index contributed by atoms with van der Waals surface area (Å²) in [6.07, 6.45) is -10.0. The van der Waals surface area contributed by atoms with Crippen LogP contribution in [0.4, 0.5) is 30.7 Å². The maximum absolute atomic E-state index is 14.9. The van der Waals surface area contributed by atoms with E-state index in [4.69, 9.17) is 4.74 Å². The molecule has 11 heteroatoms. The molecule has 3 aromatic carbocycles. The zero-order valence-corrected chi connectivity index (χ0v) is 17.0. The van der Waals surface area contributed by atoms with Crippen molar-refractivity contribution < 1.29 is 40.6 Å². The van der Waals surface area contributed by atoms with Crippen molar-refractivity contribution in [2.24, 2.45) is 0 Å². The molecule has 2 atom stereocenters. The summed E-state index contributed by atoms with van der Waals surface area (Å²) < 4.78 is 100.0. The maximum atomic E-state index is 14.9. The topological polar surface area (TPSA) is 47.3 Å². The summed E-state index contributed by atoms with van der Waals surface area (Å²) in [7, 11) is 0. The standard InChI is InChI=1S/C23H15F7N2O2/c24-16-4-6-17(7-5-16)32-19-10-3-15(11-13(19)12-31-32)22(33,20(25)26)21(27)34-18-8-1-14(2-9-18)23(28,29)30/h1-12,20-21,33H. The molecule has 0 spiro atoms. The van der Waals surface area contributed by atoms with Gasteiger partial charge in [-0.2, -0.15) is 22.7 Å². The highest BCUT2D eigenvalue weighted by Crippen LogP contribution is 2.37. The van der Waals surface area contributed by atoms with E-state index in [2.05, 4.69) is 5.10 Å². The van der Waals surface area contributed by atoms with Crippen LogP contribution in [0, 0.1) is 5.82 Å². The summed E-state index contributed by atoms with van der Waals surface area (Å²) in [5.41, 5.74) is -4.13. The molecule has 178 valence electrons. The van der Waals surface area contributed by atoms with E-state index in [1.807, 2.05) is 0 Å². The van der Waals surface area contributed by atoms with Gasteiger partial charge < -0.3 is 9.84 Å². The van der Waals surface area contributed by atoms with Gasteiger partial charge in [0, 0.05) is 5.39 Å². The molecule has 1 heterocycles. The van der Waals surface area contributed by atoms with Crippen molar-refractivity contribution in [3.8, 4) is 11.4 Å². The van der Waals surface area contributed by atoms with Crippen LogP contribution in [0.15, 0.2) is 72.9 Å². The summed E-state index contributed by atoms with van der Waals surface area (Å²) in [5, 5.41) is 15.0. The number of rotatable bonds is 6. The smallest absolute Gasteiger partial charge is 0.416 e. The normalized spacial score (nSPS) is 14.9. The van der Waals surface area contributed by atoms with E-state index in [1.165, 1.54) is 41.2 Å². The summed E-state index contributed by atoms with van der Waals surface area (Å²) in [5.74, 6) is -0.948. The molecule has 0 aliphatic carbocycles. The summed E-state index contributed by atoms with van der Waals surface area (Å²) in [4.78, 5) is 0. The molecule has 2 unspecified atom stereocenters. The molecular formula is C23H15F7N2O2. The number of alkyl halides is 6. The average molecular weight is 484 g/mol. The predicted molar refractivity (Wildman–Crippen MR) is 108 cm³/mol. The highest BCUT2D eigenvalue weighted by Gasteiger charge is 2.50. The summed E-state index contributed by atoms with van der Waals surface area (Å²) in [6, 6.07) is 11.5. The van der Waals surface area contributed by atoms with Crippen molar-refractivity contribution >= 4 is 10.9 Å². The maximum Gasteiger partial charge on any atom is 0.416 e.